The summed E-state index contributed by atoms with van der Waals surface area (Å²) in [5.74, 6) is -0.547. The lowest BCUT2D eigenvalue weighted by Crippen LogP contribution is -2.29. The summed E-state index contributed by atoms with van der Waals surface area (Å²) in [6.45, 7) is 3.92. The number of fused-ring (bicyclic) bond motifs is 1. The van der Waals surface area contributed by atoms with Gasteiger partial charge in [-0.05, 0) is 55.2 Å². The highest BCUT2D eigenvalue weighted by molar-refractivity contribution is 6.07. The van der Waals surface area contributed by atoms with E-state index < -0.39 is 12.6 Å². The summed E-state index contributed by atoms with van der Waals surface area (Å²) in [6, 6.07) is 11.4. The molecule has 0 spiro atoms. The average Bonchev–Trinajstić information content (AvgIpc) is 2.97. The number of aliphatic carboxylic acids is 1. The zero-order chi connectivity index (χ0) is 17.3. The lowest BCUT2D eigenvalue weighted by atomic mass is 10.0. The average molecular weight is 325 g/mol. The molecule has 0 aromatic heterocycles. The molecule has 0 saturated heterocycles. The molecule has 1 amide bonds. The van der Waals surface area contributed by atoms with E-state index in [4.69, 9.17) is 9.84 Å². The van der Waals surface area contributed by atoms with Crippen molar-refractivity contribution in [2.45, 2.75) is 20.3 Å². The Morgan fingerprint density at radius 1 is 1.17 bits per heavy atom. The number of carbonyl (C=O) groups is 2. The first kappa shape index (κ1) is 16.1. The second-order valence-corrected chi connectivity index (χ2v) is 5.96. The van der Waals surface area contributed by atoms with Crippen LogP contribution in [0.5, 0.6) is 5.75 Å². The van der Waals surface area contributed by atoms with Crippen LogP contribution in [-0.4, -0.2) is 30.1 Å². The Balaban J connectivity index is 1.88. The Morgan fingerprint density at radius 3 is 2.50 bits per heavy atom. The number of hydrogen-bond donors (Lipinski definition) is 1. The van der Waals surface area contributed by atoms with Crippen LogP contribution in [0.25, 0.3) is 0 Å². The van der Waals surface area contributed by atoms with Gasteiger partial charge in [0.05, 0.1) is 0 Å². The minimum atomic E-state index is -1.03. The number of para-hydroxylation sites is 1. The zero-order valence-electron chi connectivity index (χ0n) is 13.7. The van der Waals surface area contributed by atoms with Crippen molar-refractivity contribution < 1.29 is 19.4 Å². The Morgan fingerprint density at radius 2 is 1.83 bits per heavy atom. The summed E-state index contributed by atoms with van der Waals surface area (Å²) in [4.78, 5) is 25.4. The van der Waals surface area contributed by atoms with E-state index in [0.717, 1.165) is 23.2 Å². The highest BCUT2D eigenvalue weighted by Crippen LogP contribution is 2.31. The van der Waals surface area contributed by atoms with Crippen molar-refractivity contribution in [1.29, 1.82) is 0 Å². The summed E-state index contributed by atoms with van der Waals surface area (Å²) < 4.78 is 5.32. The number of rotatable bonds is 4. The van der Waals surface area contributed by atoms with E-state index in [2.05, 4.69) is 0 Å². The van der Waals surface area contributed by atoms with Crippen molar-refractivity contribution in [2.75, 3.05) is 18.1 Å². The fraction of sp³-hybridized carbons (Fsp3) is 0.263. The second-order valence-electron chi connectivity index (χ2n) is 5.96. The van der Waals surface area contributed by atoms with Crippen LogP contribution in [0.1, 0.15) is 27.0 Å². The molecule has 0 unspecified atom stereocenters. The molecule has 1 heterocycles. The second kappa shape index (κ2) is 6.35. The molecule has 1 aliphatic rings. The molecule has 3 rings (SSSR count). The van der Waals surface area contributed by atoms with E-state index >= 15 is 0 Å². The van der Waals surface area contributed by atoms with Crippen molar-refractivity contribution in [3.05, 3.63) is 58.7 Å². The fourth-order valence-electron chi connectivity index (χ4n) is 3.14. The SMILES string of the molecule is Cc1cc(C(=O)N2CCc3ccccc32)cc(C)c1OCC(=O)O. The number of carboxylic acids is 1. The van der Waals surface area contributed by atoms with Gasteiger partial charge in [0.2, 0.25) is 0 Å². The first-order chi connectivity index (χ1) is 11.5. The first-order valence-electron chi connectivity index (χ1n) is 7.83. The Bertz CT molecular complexity index is 790. The van der Waals surface area contributed by atoms with Gasteiger partial charge in [0.1, 0.15) is 5.75 Å². The first-order valence-corrected chi connectivity index (χ1v) is 7.83. The maximum Gasteiger partial charge on any atom is 0.341 e. The summed E-state index contributed by atoms with van der Waals surface area (Å²) >= 11 is 0. The number of carbonyl (C=O) groups excluding carboxylic acids is 1. The highest BCUT2D eigenvalue weighted by atomic mass is 16.5. The lowest BCUT2D eigenvalue weighted by Gasteiger charge is -2.19. The van der Waals surface area contributed by atoms with Crippen molar-refractivity contribution in [3.8, 4) is 5.75 Å². The van der Waals surface area contributed by atoms with Gasteiger partial charge in [0.15, 0.2) is 6.61 Å². The van der Waals surface area contributed by atoms with E-state index in [1.54, 1.807) is 17.0 Å². The highest BCUT2D eigenvalue weighted by Gasteiger charge is 2.25. The Hall–Kier alpha value is -2.82. The molecule has 0 saturated carbocycles. The normalized spacial score (nSPS) is 12.8. The molecular weight excluding hydrogens is 306 g/mol. The van der Waals surface area contributed by atoms with Crippen molar-refractivity contribution >= 4 is 17.6 Å². The van der Waals surface area contributed by atoms with Gasteiger partial charge < -0.3 is 14.7 Å². The number of benzene rings is 2. The number of amides is 1. The van der Waals surface area contributed by atoms with Crippen LogP contribution in [0.15, 0.2) is 36.4 Å². The van der Waals surface area contributed by atoms with E-state index in [-0.39, 0.29) is 5.91 Å². The molecule has 0 radical (unpaired) electrons. The van der Waals surface area contributed by atoms with E-state index in [9.17, 15) is 9.59 Å². The summed E-state index contributed by atoms with van der Waals surface area (Å²) in [6.07, 6.45) is 0.861. The maximum atomic E-state index is 12.9. The van der Waals surface area contributed by atoms with Gasteiger partial charge in [0.25, 0.3) is 5.91 Å². The number of hydrogen-bond acceptors (Lipinski definition) is 3. The molecule has 0 bridgehead atoms. The fourth-order valence-corrected chi connectivity index (χ4v) is 3.14. The number of carboxylic acid groups (broad SMARTS) is 1. The van der Waals surface area contributed by atoms with Crippen LogP contribution in [0.4, 0.5) is 5.69 Å². The van der Waals surface area contributed by atoms with Crippen LogP contribution in [0, 0.1) is 13.8 Å². The van der Waals surface area contributed by atoms with Gasteiger partial charge in [-0.1, -0.05) is 18.2 Å². The van der Waals surface area contributed by atoms with Crippen molar-refractivity contribution in [1.82, 2.24) is 0 Å². The van der Waals surface area contributed by atoms with Gasteiger partial charge in [-0.15, -0.1) is 0 Å². The van der Waals surface area contributed by atoms with Crippen LogP contribution in [0.2, 0.25) is 0 Å². The summed E-state index contributed by atoms with van der Waals surface area (Å²) in [7, 11) is 0. The molecule has 0 atom stereocenters. The smallest absolute Gasteiger partial charge is 0.341 e. The molecular formula is C19H19NO4. The van der Waals surface area contributed by atoms with E-state index in [1.165, 1.54) is 5.56 Å². The summed E-state index contributed by atoms with van der Waals surface area (Å²) in [5, 5.41) is 8.75. The van der Waals surface area contributed by atoms with Crippen LogP contribution < -0.4 is 9.64 Å². The number of ether oxygens (including phenoxy) is 1. The Labute approximate surface area is 140 Å². The van der Waals surface area contributed by atoms with Gasteiger partial charge in [-0.2, -0.15) is 0 Å². The third kappa shape index (κ3) is 2.97. The molecule has 1 aliphatic heterocycles. The van der Waals surface area contributed by atoms with Gasteiger partial charge in [-0.25, -0.2) is 4.79 Å². The molecule has 5 nitrogen and oxygen atoms in total. The molecule has 2 aromatic carbocycles. The van der Waals surface area contributed by atoms with Crippen LogP contribution in [-0.2, 0) is 11.2 Å². The predicted octanol–water partition coefficient (Wildman–Crippen LogP) is 2.97. The molecule has 1 N–H and O–H groups in total. The third-order valence-electron chi connectivity index (χ3n) is 4.18. The number of nitrogens with zero attached hydrogens (tertiary/aromatic N) is 1. The van der Waals surface area contributed by atoms with E-state index in [1.807, 2.05) is 38.1 Å². The molecule has 5 heteroatoms. The molecule has 0 fully saturated rings. The largest absolute Gasteiger partial charge is 0.481 e. The van der Waals surface area contributed by atoms with Crippen LogP contribution in [0.3, 0.4) is 0 Å². The quantitative estimate of drug-likeness (QED) is 0.938. The van der Waals surface area contributed by atoms with Gasteiger partial charge in [0, 0.05) is 17.8 Å². The maximum absolute atomic E-state index is 12.9. The molecule has 0 aliphatic carbocycles. The Kier molecular flexibility index (Phi) is 4.25. The van der Waals surface area contributed by atoms with Crippen LogP contribution >= 0.6 is 0 Å². The standard InChI is InChI=1S/C19H19NO4/c1-12-9-15(10-13(2)18(12)24-11-17(21)22)19(23)20-8-7-14-5-3-4-6-16(14)20/h3-6,9-10H,7-8,11H2,1-2H3,(H,21,22). The van der Waals surface area contributed by atoms with Crippen molar-refractivity contribution in [2.24, 2.45) is 0 Å². The topological polar surface area (TPSA) is 66.8 Å². The van der Waals surface area contributed by atoms with E-state index in [0.29, 0.717) is 17.9 Å². The lowest BCUT2D eigenvalue weighted by molar-refractivity contribution is -0.139. The zero-order valence-corrected chi connectivity index (χ0v) is 13.7. The molecule has 24 heavy (non-hydrogen) atoms. The monoisotopic (exact) mass is 325 g/mol. The molecule has 2 aromatic rings. The number of aryl methyl sites for hydroxylation is 2. The minimum Gasteiger partial charge on any atom is -0.481 e. The van der Waals surface area contributed by atoms with Gasteiger partial charge in [-0.3, -0.25) is 4.79 Å². The third-order valence-corrected chi connectivity index (χ3v) is 4.18. The molecule has 124 valence electrons. The number of anilines is 1. The minimum absolute atomic E-state index is 0.0454. The predicted molar refractivity (Wildman–Crippen MR) is 90.9 cm³/mol. The van der Waals surface area contributed by atoms with Gasteiger partial charge >= 0.3 is 5.97 Å². The summed E-state index contributed by atoms with van der Waals surface area (Å²) in [5.41, 5.74) is 4.24. The van der Waals surface area contributed by atoms with Crippen molar-refractivity contribution in [3.63, 3.8) is 0 Å².